The lowest BCUT2D eigenvalue weighted by atomic mass is 10.1. The number of rotatable bonds is 4. The molecule has 126 valence electrons. The maximum Gasteiger partial charge on any atom is 0.267 e. The molecule has 0 aliphatic heterocycles. The maximum absolute atomic E-state index is 12.7. The Labute approximate surface area is 148 Å². The van der Waals surface area contributed by atoms with Crippen LogP contribution in [0.3, 0.4) is 0 Å². The Kier molecular flexibility index (Phi) is 4.65. The highest BCUT2D eigenvalue weighted by Gasteiger charge is 2.20. The molecular formula is C18H16N4O2S. The molecule has 0 aliphatic rings. The van der Waals surface area contributed by atoms with Crippen LogP contribution < -0.4 is 11.1 Å². The number of anilines is 2. The minimum atomic E-state index is -0.357. The van der Waals surface area contributed by atoms with Crippen LogP contribution in [-0.2, 0) is 11.3 Å². The molecule has 2 aromatic heterocycles. The number of nitrogens with one attached hydrogen (secondary N) is 1. The molecule has 2 heterocycles. The normalized spacial score (nSPS) is 10.6. The van der Waals surface area contributed by atoms with E-state index in [-0.39, 0.29) is 5.91 Å². The number of carbonyl (C=O) groups excluding carboxylic acids is 1. The standard InChI is InChI=1S/C18H16N4O2S/c1-10-7-12(9-24-2)14-15(20)16(25-18(14)21-10)17(23)22-13-6-4-3-5-11(13)8-19/h3-7H,9,20H2,1-2H3,(H,22,23). The van der Waals surface area contributed by atoms with Crippen molar-refractivity contribution in [1.82, 2.24) is 4.98 Å². The van der Waals surface area contributed by atoms with Crippen molar-refractivity contribution in [2.45, 2.75) is 13.5 Å². The Morgan fingerprint density at radius 2 is 2.20 bits per heavy atom. The monoisotopic (exact) mass is 352 g/mol. The number of hydrogen-bond acceptors (Lipinski definition) is 6. The number of nitrogens with two attached hydrogens (primary N) is 1. The van der Waals surface area contributed by atoms with E-state index in [1.54, 1.807) is 31.4 Å². The van der Waals surface area contributed by atoms with Crippen LogP contribution in [0, 0.1) is 18.3 Å². The van der Waals surface area contributed by atoms with E-state index in [4.69, 9.17) is 15.7 Å². The molecule has 0 atom stereocenters. The summed E-state index contributed by atoms with van der Waals surface area (Å²) in [6, 6.07) is 10.8. The fraction of sp³-hybridized carbons (Fsp3) is 0.167. The molecule has 0 fully saturated rings. The first-order valence-electron chi connectivity index (χ1n) is 7.53. The smallest absolute Gasteiger partial charge is 0.267 e. The van der Waals surface area contributed by atoms with Gasteiger partial charge in [0.05, 0.1) is 23.5 Å². The van der Waals surface area contributed by atoms with Gasteiger partial charge in [-0.2, -0.15) is 5.26 Å². The van der Waals surface area contributed by atoms with Gasteiger partial charge in [0, 0.05) is 18.2 Å². The SMILES string of the molecule is COCc1cc(C)nc2sc(C(=O)Nc3ccccc3C#N)c(N)c12. The van der Waals surface area contributed by atoms with Crippen LogP contribution in [0.5, 0.6) is 0 Å². The lowest BCUT2D eigenvalue weighted by Crippen LogP contribution is -2.13. The number of benzene rings is 1. The summed E-state index contributed by atoms with van der Waals surface area (Å²) in [7, 11) is 1.61. The minimum absolute atomic E-state index is 0.357. The Morgan fingerprint density at radius 3 is 2.92 bits per heavy atom. The number of aromatic nitrogens is 1. The second kappa shape index (κ2) is 6.89. The average Bonchev–Trinajstić information content (AvgIpc) is 2.92. The lowest BCUT2D eigenvalue weighted by molar-refractivity contribution is 0.103. The van der Waals surface area contributed by atoms with Crippen molar-refractivity contribution in [3.63, 3.8) is 0 Å². The molecule has 6 nitrogen and oxygen atoms in total. The van der Waals surface area contributed by atoms with E-state index in [2.05, 4.69) is 16.4 Å². The fourth-order valence-electron chi connectivity index (χ4n) is 2.64. The van der Waals surface area contributed by atoms with Crippen LogP contribution >= 0.6 is 11.3 Å². The van der Waals surface area contributed by atoms with Gasteiger partial charge >= 0.3 is 0 Å². The van der Waals surface area contributed by atoms with Gasteiger partial charge < -0.3 is 15.8 Å². The van der Waals surface area contributed by atoms with Gasteiger partial charge in [-0.05, 0) is 30.7 Å². The summed E-state index contributed by atoms with van der Waals surface area (Å²) in [5, 5.41) is 12.7. The molecule has 7 heteroatoms. The van der Waals surface area contributed by atoms with Crippen LogP contribution in [0.15, 0.2) is 30.3 Å². The molecule has 0 bridgehead atoms. The van der Waals surface area contributed by atoms with Gasteiger partial charge in [-0.3, -0.25) is 4.79 Å². The number of nitrogen functional groups attached to an aromatic ring is 1. The number of nitrogens with zero attached hydrogens (tertiary/aromatic N) is 2. The molecule has 1 aromatic carbocycles. The summed E-state index contributed by atoms with van der Waals surface area (Å²) in [4.78, 5) is 18.2. The predicted molar refractivity (Wildman–Crippen MR) is 98.6 cm³/mol. The van der Waals surface area contributed by atoms with Crippen molar-refractivity contribution < 1.29 is 9.53 Å². The van der Waals surface area contributed by atoms with E-state index in [0.29, 0.717) is 33.3 Å². The minimum Gasteiger partial charge on any atom is -0.397 e. The van der Waals surface area contributed by atoms with Crippen LogP contribution in [0.25, 0.3) is 10.2 Å². The molecule has 0 unspecified atom stereocenters. The molecule has 0 saturated carbocycles. The number of methoxy groups -OCH3 is 1. The Bertz CT molecular complexity index is 1000. The number of carbonyl (C=O) groups is 1. The van der Waals surface area contributed by atoms with Gasteiger partial charge in [-0.15, -0.1) is 11.3 Å². The number of para-hydroxylation sites is 1. The summed E-state index contributed by atoms with van der Waals surface area (Å²) < 4.78 is 5.23. The molecule has 0 radical (unpaired) electrons. The Hall–Kier alpha value is -2.95. The number of nitriles is 1. The summed E-state index contributed by atoms with van der Waals surface area (Å²) in [6.07, 6.45) is 0. The van der Waals surface area contributed by atoms with Crippen LogP contribution in [0.1, 0.15) is 26.5 Å². The highest BCUT2D eigenvalue weighted by atomic mass is 32.1. The first kappa shape index (κ1) is 16.9. The van der Waals surface area contributed by atoms with Crippen molar-refractivity contribution in [3.05, 3.63) is 52.0 Å². The molecule has 0 spiro atoms. The third-order valence-corrected chi connectivity index (χ3v) is 4.81. The van der Waals surface area contributed by atoms with E-state index in [1.165, 1.54) is 11.3 Å². The second-order valence-corrected chi connectivity index (χ2v) is 6.49. The van der Waals surface area contributed by atoms with Crippen LogP contribution in [0.2, 0.25) is 0 Å². The van der Waals surface area contributed by atoms with Gasteiger partial charge in [-0.25, -0.2) is 4.98 Å². The zero-order valence-corrected chi connectivity index (χ0v) is 14.6. The summed E-state index contributed by atoms with van der Waals surface area (Å²) >= 11 is 1.23. The van der Waals surface area contributed by atoms with Crippen molar-refractivity contribution in [2.75, 3.05) is 18.2 Å². The van der Waals surface area contributed by atoms with E-state index in [0.717, 1.165) is 16.6 Å². The van der Waals surface area contributed by atoms with Crippen molar-refractivity contribution in [1.29, 1.82) is 5.26 Å². The molecule has 3 rings (SSSR count). The Morgan fingerprint density at radius 1 is 1.44 bits per heavy atom. The van der Waals surface area contributed by atoms with Gasteiger partial charge in [0.25, 0.3) is 5.91 Å². The largest absolute Gasteiger partial charge is 0.397 e. The predicted octanol–water partition coefficient (Wildman–Crippen LogP) is 3.46. The van der Waals surface area contributed by atoms with Crippen LogP contribution in [0.4, 0.5) is 11.4 Å². The highest BCUT2D eigenvalue weighted by molar-refractivity contribution is 7.21. The molecular weight excluding hydrogens is 336 g/mol. The van der Waals surface area contributed by atoms with Gasteiger partial charge in [-0.1, -0.05) is 12.1 Å². The maximum atomic E-state index is 12.7. The summed E-state index contributed by atoms with van der Waals surface area (Å²) in [6.45, 7) is 2.27. The third kappa shape index (κ3) is 3.18. The number of pyridine rings is 1. The first-order valence-corrected chi connectivity index (χ1v) is 8.34. The third-order valence-electron chi connectivity index (χ3n) is 3.71. The quantitative estimate of drug-likeness (QED) is 0.749. The fourth-order valence-corrected chi connectivity index (χ4v) is 3.73. The van der Waals surface area contributed by atoms with E-state index < -0.39 is 0 Å². The highest BCUT2D eigenvalue weighted by Crippen LogP contribution is 2.36. The van der Waals surface area contributed by atoms with Crippen LogP contribution in [-0.4, -0.2) is 18.0 Å². The second-order valence-electron chi connectivity index (χ2n) is 5.49. The Balaban J connectivity index is 2.04. The van der Waals surface area contributed by atoms with Crippen molar-refractivity contribution in [2.24, 2.45) is 0 Å². The zero-order chi connectivity index (χ0) is 18.0. The molecule has 3 aromatic rings. The number of hydrogen-bond donors (Lipinski definition) is 2. The molecule has 0 aliphatic carbocycles. The number of aryl methyl sites for hydroxylation is 1. The lowest BCUT2D eigenvalue weighted by Gasteiger charge is -2.06. The number of fused-ring (bicyclic) bond motifs is 1. The molecule has 25 heavy (non-hydrogen) atoms. The van der Waals surface area contributed by atoms with Gasteiger partial charge in [0.2, 0.25) is 0 Å². The average molecular weight is 352 g/mol. The topological polar surface area (TPSA) is 101 Å². The number of ether oxygens (including phenoxy) is 1. The number of thiophene rings is 1. The summed E-state index contributed by atoms with van der Waals surface area (Å²) in [5.74, 6) is -0.357. The summed E-state index contributed by atoms with van der Waals surface area (Å²) in [5.41, 5.74) is 9.19. The van der Waals surface area contributed by atoms with Gasteiger partial charge in [0.15, 0.2) is 0 Å². The molecule has 3 N–H and O–H groups in total. The van der Waals surface area contributed by atoms with Crippen molar-refractivity contribution in [3.8, 4) is 6.07 Å². The number of amides is 1. The molecule has 0 saturated heterocycles. The molecule has 1 amide bonds. The van der Waals surface area contributed by atoms with Crippen molar-refractivity contribution >= 4 is 38.8 Å². The van der Waals surface area contributed by atoms with E-state index >= 15 is 0 Å². The van der Waals surface area contributed by atoms with Gasteiger partial charge in [0.1, 0.15) is 15.8 Å². The first-order chi connectivity index (χ1) is 12.0. The zero-order valence-electron chi connectivity index (χ0n) is 13.8. The van der Waals surface area contributed by atoms with E-state index in [9.17, 15) is 4.79 Å². The van der Waals surface area contributed by atoms with E-state index in [1.807, 2.05) is 13.0 Å².